The Labute approximate surface area is 259 Å². The SMILES string of the molecule is C=CC(=O)Oc1ccc2cc(C(=O)Oc3ccc(OC(=O)c4ccc5cc(OC(=O)C=C)ccc5c4)c(CCC)c3)ccc2c1. The number of benzene rings is 5. The zero-order valence-electron chi connectivity index (χ0n) is 24.4. The molecule has 8 nitrogen and oxygen atoms in total. The van der Waals surface area contributed by atoms with E-state index < -0.39 is 23.9 Å². The normalized spacial score (nSPS) is 10.6. The van der Waals surface area contributed by atoms with Crippen LogP contribution in [0.4, 0.5) is 0 Å². The van der Waals surface area contributed by atoms with Crippen LogP contribution in [0.3, 0.4) is 0 Å². The third-order valence-corrected chi connectivity index (χ3v) is 6.83. The summed E-state index contributed by atoms with van der Waals surface area (Å²) in [7, 11) is 0. The fourth-order valence-corrected chi connectivity index (χ4v) is 4.65. The number of carbonyl (C=O) groups is 4. The first-order valence-electron chi connectivity index (χ1n) is 14.1. The molecule has 0 unspecified atom stereocenters. The van der Waals surface area contributed by atoms with Gasteiger partial charge in [-0.15, -0.1) is 0 Å². The molecule has 45 heavy (non-hydrogen) atoms. The van der Waals surface area contributed by atoms with Crippen LogP contribution in [-0.4, -0.2) is 23.9 Å². The van der Waals surface area contributed by atoms with E-state index in [9.17, 15) is 19.2 Å². The fourth-order valence-electron chi connectivity index (χ4n) is 4.65. The van der Waals surface area contributed by atoms with Gasteiger partial charge in [0, 0.05) is 12.2 Å². The minimum absolute atomic E-state index is 0.314. The molecule has 0 saturated carbocycles. The van der Waals surface area contributed by atoms with Crippen LogP contribution in [0.15, 0.2) is 116 Å². The van der Waals surface area contributed by atoms with E-state index in [0.717, 1.165) is 40.1 Å². The van der Waals surface area contributed by atoms with E-state index in [1.165, 1.54) is 0 Å². The number of hydrogen-bond donors (Lipinski definition) is 0. The van der Waals surface area contributed by atoms with Crippen LogP contribution in [0.25, 0.3) is 21.5 Å². The van der Waals surface area contributed by atoms with Crippen molar-refractivity contribution in [3.8, 4) is 23.0 Å². The van der Waals surface area contributed by atoms with E-state index in [0.29, 0.717) is 46.1 Å². The fraction of sp³-hybridized carbons (Fsp3) is 0.0811. The largest absolute Gasteiger partial charge is 0.423 e. The minimum atomic E-state index is -0.559. The second-order valence-electron chi connectivity index (χ2n) is 10.00. The number of carbonyl (C=O) groups excluding carboxylic acids is 4. The Balaban J connectivity index is 1.29. The molecular formula is C37H28O8. The third kappa shape index (κ3) is 7.32. The van der Waals surface area contributed by atoms with Gasteiger partial charge in [0.15, 0.2) is 0 Å². The van der Waals surface area contributed by atoms with Crippen molar-refractivity contribution >= 4 is 45.4 Å². The third-order valence-electron chi connectivity index (χ3n) is 6.83. The van der Waals surface area contributed by atoms with Crippen LogP contribution < -0.4 is 18.9 Å². The Morgan fingerprint density at radius 2 is 1.00 bits per heavy atom. The lowest BCUT2D eigenvalue weighted by Crippen LogP contribution is -2.11. The first-order chi connectivity index (χ1) is 21.8. The Bertz CT molecular complexity index is 1990. The molecule has 0 spiro atoms. The molecule has 0 bridgehead atoms. The number of aryl methyl sites for hydroxylation is 1. The Hall–Kier alpha value is -6.02. The van der Waals surface area contributed by atoms with Crippen molar-refractivity contribution in [1.29, 1.82) is 0 Å². The summed E-state index contributed by atoms with van der Waals surface area (Å²) in [6.45, 7) is 8.77. The Morgan fingerprint density at radius 3 is 1.51 bits per heavy atom. The molecule has 0 radical (unpaired) electrons. The van der Waals surface area contributed by atoms with Gasteiger partial charge in [0.25, 0.3) is 0 Å². The molecule has 0 atom stereocenters. The lowest BCUT2D eigenvalue weighted by atomic mass is 10.1. The Morgan fingerprint density at radius 1 is 0.556 bits per heavy atom. The van der Waals surface area contributed by atoms with Crippen LogP contribution in [0, 0.1) is 0 Å². The molecule has 5 rings (SSSR count). The van der Waals surface area contributed by atoms with Crippen LogP contribution in [0.5, 0.6) is 23.0 Å². The van der Waals surface area contributed by atoms with E-state index in [2.05, 4.69) is 13.2 Å². The average molecular weight is 601 g/mol. The molecule has 5 aromatic rings. The second-order valence-corrected chi connectivity index (χ2v) is 10.00. The highest BCUT2D eigenvalue weighted by Crippen LogP contribution is 2.29. The zero-order chi connectivity index (χ0) is 31.9. The van der Waals surface area contributed by atoms with Gasteiger partial charge in [0.1, 0.15) is 23.0 Å². The van der Waals surface area contributed by atoms with E-state index in [4.69, 9.17) is 18.9 Å². The molecular weight excluding hydrogens is 572 g/mol. The summed E-state index contributed by atoms with van der Waals surface area (Å²) < 4.78 is 21.7. The molecule has 0 N–H and O–H groups in total. The maximum atomic E-state index is 13.1. The molecule has 0 aliphatic heterocycles. The van der Waals surface area contributed by atoms with Gasteiger partial charge in [-0.05, 0) is 100 Å². The van der Waals surface area contributed by atoms with E-state index in [-0.39, 0.29) is 0 Å². The van der Waals surface area contributed by atoms with Crippen molar-refractivity contribution in [2.24, 2.45) is 0 Å². The lowest BCUT2D eigenvalue weighted by molar-refractivity contribution is -0.129. The Kier molecular flexibility index (Phi) is 9.15. The number of hydrogen-bond acceptors (Lipinski definition) is 8. The van der Waals surface area contributed by atoms with Crippen molar-refractivity contribution in [2.75, 3.05) is 0 Å². The standard InChI is InChI=1S/C37H28O8/c1-4-7-27-22-32(44-36(40)28-10-8-25-20-30(42-34(38)5-2)14-12-23(25)18-28)16-17-33(27)45-37(41)29-11-9-26-21-31(43-35(39)6-3)15-13-24(26)19-29/h5-6,8-22H,2-4,7H2,1H3. The van der Waals surface area contributed by atoms with Crippen molar-refractivity contribution in [1.82, 2.24) is 0 Å². The molecule has 8 heteroatoms. The van der Waals surface area contributed by atoms with Crippen molar-refractivity contribution in [3.63, 3.8) is 0 Å². The molecule has 0 saturated heterocycles. The van der Waals surface area contributed by atoms with Gasteiger partial charge in [-0.3, -0.25) is 0 Å². The number of fused-ring (bicyclic) bond motifs is 2. The van der Waals surface area contributed by atoms with Gasteiger partial charge in [0.2, 0.25) is 0 Å². The summed E-state index contributed by atoms with van der Waals surface area (Å²) in [6, 6.07) is 25.2. The topological polar surface area (TPSA) is 105 Å². The molecule has 0 aliphatic carbocycles. The molecule has 0 fully saturated rings. The van der Waals surface area contributed by atoms with Gasteiger partial charge < -0.3 is 18.9 Å². The lowest BCUT2D eigenvalue weighted by Gasteiger charge is -2.13. The summed E-state index contributed by atoms with van der Waals surface area (Å²) in [5.41, 5.74) is 1.40. The zero-order valence-corrected chi connectivity index (χ0v) is 24.4. The summed E-state index contributed by atoms with van der Waals surface area (Å²) in [5.74, 6) is -0.788. The average Bonchev–Trinajstić information content (AvgIpc) is 3.05. The predicted octanol–water partition coefficient (Wildman–Crippen LogP) is 7.57. The molecule has 0 aromatic heterocycles. The predicted molar refractivity (Wildman–Crippen MR) is 170 cm³/mol. The van der Waals surface area contributed by atoms with Crippen LogP contribution in [0.2, 0.25) is 0 Å². The van der Waals surface area contributed by atoms with Crippen molar-refractivity contribution in [2.45, 2.75) is 19.8 Å². The number of ether oxygens (including phenoxy) is 4. The van der Waals surface area contributed by atoms with Gasteiger partial charge in [-0.25, -0.2) is 19.2 Å². The minimum Gasteiger partial charge on any atom is -0.423 e. The molecule has 5 aromatic carbocycles. The summed E-state index contributed by atoms with van der Waals surface area (Å²) >= 11 is 0. The second kappa shape index (κ2) is 13.5. The first-order valence-corrected chi connectivity index (χ1v) is 14.1. The van der Waals surface area contributed by atoms with Crippen LogP contribution >= 0.6 is 0 Å². The molecule has 224 valence electrons. The van der Waals surface area contributed by atoms with Crippen LogP contribution in [-0.2, 0) is 16.0 Å². The highest BCUT2D eigenvalue weighted by atomic mass is 16.5. The van der Waals surface area contributed by atoms with Gasteiger partial charge in [0.05, 0.1) is 11.1 Å². The molecule has 0 amide bonds. The highest BCUT2D eigenvalue weighted by molar-refractivity contribution is 5.98. The monoisotopic (exact) mass is 600 g/mol. The summed E-state index contributed by atoms with van der Waals surface area (Å²) in [6.07, 6.45) is 3.53. The first kappa shape index (κ1) is 30.4. The highest BCUT2D eigenvalue weighted by Gasteiger charge is 2.16. The van der Waals surface area contributed by atoms with Gasteiger partial charge in [-0.1, -0.05) is 50.8 Å². The molecule has 0 aliphatic rings. The van der Waals surface area contributed by atoms with E-state index in [1.54, 1.807) is 91.0 Å². The van der Waals surface area contributed by atoms with E-state index >= 15 is 0 Å². The smallest absolute Gasteiger partial charge is 0.343 e. The van der Waals surface area contributed by atoms with Crippen molar-refractivity contribution in [3.05, 3.63) is 133 Å². The molecule has 0 heterocycles. The van der Waals surface area contributed by atoms with Gasteiger partial charge in [-0.2, -0.15) is 0 Å². The number of esters is 4. The van der Waals surface area contributed by atoms with E-state index in [1.807, 2.05) is 6.92 Å². The summed E-state index contributed by atoms with van der Waals surface area (Å²) in [4.78, 5) is 49.1. The quantitative estimate of drug-likeness (QED) is 0.0918. The maximum absolute atomic E-state index is 13.1. The number of rotatable bonds is 10. The summed E-state index contributed by atoms with van der Waals surface area (Å²) in [5, 5.41) is 3.10. The van der Waals surface area contributed by atoms with Gasteiger partial charge >= 0.3 is 23.9 Å². The maximum Gasteiger partial charge on any atom is 0.343 e. The van der Waals surface area contributed by atoms with Crippen LogP contribution in [0.1, 0.15) is 39.6 Å². The van der Waals surface area contributed by atoms with Crippen molar-refractivity contribution < 1.29 is 38.1 Å².